The lowest BCUT2D eigenvalue weighted by atomic mass is 9.79. The molecule has 0 spiro atoms. The topological polar surface area (TPSA) is 85.8 Å². The fraction of sp³-hybridized carbons (Fsp3) is 0.591. The summed E-state index contributed by atoms with van der Waals surface area (Å²) in [5.74, 6) is 0.782. The van der Waals surface area contributed by atoms with Crippen LogP contribution in [0.15, 0.2) is 29.3 Å². The molecule has 0 aliphatic carbocycles. The number of carbonyl (C=O) groups is 2. The summed E-state index contributed by atoms with van der Waals surface area (Å²) in [6.45, 7) is 10.8. The molecule has 3 amide bonds. The Morgan fingerprint density at radius 1 is 1.31 bits per heavy atom. The molecule has 0 aromatic heterocycles. The van der Waals surface area contributed by atoms with Gasteiger partial charge in [-0.25, -0.2) is 4.79 Å². The Morgan fingerprint density at radius 2 is 2.00 bits per heavy atom. The van der Waals surface area contributed by atoms with Crippen molar-refractivity contribution >= 4 is 17.9 Å². The number of amides is 3. The predicted octanol–water partition coefficient (Wildman–Crippen LogP) is 2.16. The Hall–Kier alpha value is -2.57. The van der Waals surface area contributed by atoms with E-state index in [1.807, 2.05) is 6.92 Å². The number of imide groups is 1. The first-order valence-corrected chi connectivity index (χ1v) is 10.3. The van der Waals surface area contributed by atoms with Gasteiger partial charge in [0.25, 0.3) is 5.91 Å². The van der Waals surface area contributed by atoms with E-state index >= 15 is 0 Å². The number of likely N-dealkylation sites (tertiary alicyclic amines) is 1. The van der Waals surface area contributed by atoms with Gasteiger partial charge in [0.2, 0.25) is 0 Å². The molecule has 3 N–H and O–H groups in total. The molecule has 1 atom stereocenters. The SMILES string of the molecule is CN=C(NCC(C)(C)c1cccc(C)c1)N1CCC(C2(C)NC(=O)NC2=O)CC1. The molecule has 2 aliphatic heterocycles. The molecule has 2 heterocycles. The van der Waals surface area contributed by atoms with Crippen LogP contribution in [-0.2, 0) is 10.2 Å². The largest absolute Gasteiger partial charge is 0.355 e. The van der Waals surface area contributed by atoms with Crippen LogP contribution in [0.25, 0.3) is 0 Å². The molecule has 0 saturated carbocycles. The number of benzene rings is 1. The highest BCUT2D eigenvalue weighted by Crippen LogP contribution is 2.31. The Balaban J connectivity index is 1.58. The Morgan fingerprint density at radius 3 is 2.55 bits per heavy atom. The minimum atomic E-state index is -0.812. The van der Waals surface area contributed by atoms with Crippen LogP contribution in [0.1, 0.15) is 44.7 Å². The number of nitrogens with one attached hydrogen (secondary N) is 3. The highest BCUT2D eigenvalue weighted by Gasteiger charge is 2.48. The van der Waals surface area contributed by atoms with Gasteiger partial charge in [0.05, 0.1) is 0 Å². The number of nitrogens with zero attached hydrogens (tertiary/aromatic N) is 2. The van der Waals surface area contributed by atoms with Gasteiger partial charge in [-0.3, -0.25) is 15.1 Å². The lowest BCUT2D eigenvalue weighted by molar-refractivity contribution is -0.125. The fourth-order valence-corrected chi connectivity index (χ4v) is 4.31. The molecule has 3 rings (SSSR count). The molecule has 0 bridgehead atoms. The molecular weight excluding hydrogens is 366 g/mol. The fourth-order valence-electron chi connectivity index (χ4n) is 4.31. The van der Waals surface area contributed by atoms with E-state index in [1.54, 1.807) is 7.05 Å². The van der Waals surface area contributed by atoms with Gasteiger partial charge in [0.1, 0.15) is 5.54 Å². The molecule has 1 aromatic rings. The summed E-state index contributed by atoms with van der Waals surface area (Å²) < 4.78 is 0. The maximum Gasteiger partial charge on any atom is 0.322 e. The first-order valence-electron chi connectivity index (χ1n) is 10.3. The second-order valence-electron chi connectivity index (χ2n) is 9.03. The van der Waals surface area contributed by atoms with Gasteiger partial charge in [-0.2, -0.15) is 0 Å². The van der Waals surface area contributed by atoms with E-state index < -0.39 is 11.6 Å². The van der Waals surface area contributed by atoms with Gasteiger partial charge in [0.15, 0.2) is 5.96 Å². The van der Waals surface area contributed by atoms with E-state index in [4.69, 9.17) is 0 Å². The lowest BCUT2D eigenvalue weighted by Gasteiger charge is -2.40. The predicted molar refractivity (Wildman–Crippen MR) is 115 cm³/mol. The van der Waals surface area contributed by atoms with Crippen molar-refractivity contribution in [3.8, 4) is 0 Å². The van der Waals surface area contributed by atoms with Crippen molar-refractivity contribution in [3.63, 3.8) is 0 Å². The van der Waals surface area contributed by atoms with Gasteiger partial charge in [-0.15, -0.1) is 0 Å². The summed E-state index contributed by atoms with van der Waals surface area (Å²) in [6.07, 6.45) is 1.65. The standard InChI is InChI=1S/C22H33N5O2/c1-15-7-6-8-17(13-15)21(2,3)14-24-19(23-5)27-11-9-16(10-12-27)22(4)18(28)25-20(29)26-22/h6-8,13,16H,9-12,14H2,1-5H3,(H,23,24)(H2,25,26,28,29). The maximum atomic E-state index is 12.2. The molecule has 2 saturated heterocycles. The zero-order valence-corrected chi connectivity index (χ0v) is 18.1. The van der Waals surface area contributed by atoms with Gasteiger partial charge in [0, 0.05) is 32.1 Å². The van der Waals surface area contributed by atoms with Crippen molar-refractivity contribution in [1.82, 2.24) is 20.9 Å². The van der Waals surface area contributed by atoms with Crippen molar-refractivity contribution in [1.29, 1.82) is 0 Å². The number of rotatable bonds is 4. The van der Waals surface area contributed by atoms with E-state index in [0.29, 0.717) is 0 Å². The van der Waals surface area contributed by atoms with Gasteiger partial charge >= 0.3 is 6.03 Å². The average molecular weight is 400 g/mol. The van der Waals surface area contributed by atoms with Crippen molar-refractivity contribution < 1.29 is 9.59 Å². The van der Waals surface area contributed by atoms with E-state index in [1.165, 1.54) is 11.1 Å². The number of aryl methyl sites for hydroxylation is 1. The number of aliphatic imine (C=N–C) groups is 1. The molecule has 0 radical (unpaired) electrons. The van der Waals surface area contributed by atoms with Crippen LogP contribution in [0.3, 0.4) is 0 Å². The Labute approximate surface area is 173 Å². The van der Waals surface area contributed by atoms with Crippen molar-refractivity contribution in [2.24, 2.45) is 10.9 Å². The number of hydrogen-bond donors (Lipinski definition) is 3. The number of carbonyl (C=O) groups excluding carboxylic acids is 2. The van der Waals surface area contributed by atoms with Crippen LogP contribution in [0.4, 0.5) is 4.79 Å². The summed E-state index contributed by atoms with van der Waals surface area (Å²) in [6, 6.07) is 8.23. The molecular formula is C22H33N5O2. The third-order valence-corrected chi connectivity index (χ3v) is 6.38. The summed E-state index contributed by atoms with van der Waals surface area (Å²) >= 11 is 0. The Kier molecular flexibility index (Phi) is 5.87. The van der Waals surface area contributed by atoms with Crippen LogP contribution in [0, 0.1) is 12.8 Å². The smallest absolute Gasteiger partial charge is 0.322 e. The minimum Gasteiger partial charge on any atom is -0.355 e. The summed E-state index contributed by atoms with van der Waals surface area (Å²) in [4.78, 5) is 30.5. The summed E-state index contributed by atoms with van der Waals surface area (Å²) in [5, 5.41) is 8.71. The van der Waals surface area contributed by atoms with Crippen LogP contribution in [-0.4, -0.2) is 55.0 Å². The summed E-state index contributed by atoms with van der Waals surface area (Å²) in [7, 11) is 1.81. The van der Waals surface area contributed by atoms with Crippen molar-refractivity contribution in [2.75, 3.05) is 26.7 Å². The molecule has 2 aliphatic rings. The molecule has 7 nitrogen and oxygen atoms in total. The van der Waals surface area contributed by atoms with Crippen LogP contribution >= 0.6 is 0 Å². The molecule has 7 heteroatoms. The first-order chi connectivity index (χ1) is 13.7. The van der Waals surface area contributed by atoms with E-state index in [2.05, 4.69) is 70.9 Å². The third kappa shape index (κ3) is 4.38. The number of piperidine rings is 1. The van der Waals surface area contributed by atoms with Gasteiger partial charge in [-0.1, -0.05) is 43.7 Å². The Bertz CT molecular complexity index is 811. The number of guanidine groups is 1. The average Bonchev–Trinajstić information content (AvgIpc) is 2.95. The zero-order chi connectivity index (χ0) is 21.2. The van der Waals surface area contributed by atoms with E-state index in [9.17, 15) is 9.59 Å². The molecule has 29 heavy (non-hydrogen) atoms. The van der Waals surface area contributed by atoms with Crippen molar-refractivity contribution in [3.05, 3.63) is 35.4 Å². The minimum absolute atomic E-state index is 0.0278. The molecule has 1 aromatic carbocycles. The van der Waals surface area contributed by atoms with E-state index in [0.717, 1.165) is 38.4 Å². The van der Waals surface area contributed by atoms with E-state index in [-0.39, 0.29) is 17.2 Å². The van der Waals surface area contributed by atoms with Crippen molar-refractivity contribution in [2.45, 2.75) is 51.5 Å². The quantitative estimate of drug-likeness (QED) is 0.411. The first kappa shape index (κ1) is 21.1. The maximum absolute atomic E-state index is 12.2. The lowest BCUT2D eigenvalue weighted by Crippen LogP contribution is -2.56. The van der Waals surface area contributed by atoms with Crippen LogP contribution < -0.4 is 16.0 Å². The highest BCUT2D eigenvalue weighted by atomic mass is 16.2. The van der Waals surface area contributed by atoms with Crippen LogP contribution in [0.2, 0.25) is 0 Å². The third-order valence-electron chi connectivity index (χ3n) is 6.38. The second-order valence-corrected chi connectivity index (χ2v) is 9.03. The molecule has 1 unspecified atom stereocenters. The summed E-state index contributed by atoms with van der Waals surface area (Å²) in [5.41, 5.74) is 1.72. The molecule has 2 fully saturated rings. The highest BCUT2D eigenvalue weighted by molar-refractivity contribution is 6.07. The normalized spacial score (nSPS) is 23.8. The number of urea groups is 1. The van der Waals surface area contributed by atoms with Crippen LogP contribution in [0.5, 0.6) is 0 Å². The number of hydrogen-bond acceptors (Lipinski definition) is 3. The monoisotopic (exact) mass is 399 g/mol. The van der Waals surface area contributed by atoms with Gasteiger partial charge < -0.3 is 15.5 Å². The molecule has 158 valence electrons. The zero-order valence-electron chi connectivity index (χ0n) is 18.1. The van der Waals surface area contributed by atoms with Gasteiger partial charge in [-0.05, 0) is 38.2 Å². The second kappa shape index (κ2) is 8.05.